The van der Waals surface area contributed by atoms with E-state index in [1.54, 1.807) is 12.1 Å². The van der Waals surface area contributed by atoms with Gasteiger partial charge in [0, 0.05) is 19.2 Å². The Labute approximate surface area is 196 Å². The molecule has 174 valence electrons. The molecule has 1 aromatic heterocycles. The number of amides is 1. The van der Waals surface area contributed by atoms with Crippen LogP contribution in [0, 0.1) is 5.82 Å². The van der Waals surface area contributed by atoms with Crippen LogP contribution in [0.25, 0.3) is 0 Å². The minimum absolute atomic E-state index is 0.0712. The van der Waals surface area contributed by atoms with E-state index in [0.717, 1.165) is 11.1 Å². The van der Waals surface area contributed by atoms with Crippen LogP contribution in [0.2, 0.25) is 0 Å². The number of anilines is 1. The number of sulfonamides is 1. The van der Waals surface area contributed by atoms with E-state index in [-0.39, 0.29) is 41.1 Å². The molecule has 10 heteroatoms. The molecule has 3 aromatic carbocycles. The van der Waals surface area contributed by atoms with Gasteiger partial charge >= 0.3 is 6.01 Å². The Bertz CT molecular complexity index is 1370. The first kappa shape index (κ1) is 23.3. The van der Waals surface area contributed by atoms with Crippen LogP contribution in [-0.2, 0) is 23.0 Å². The molecule has 0 radical (unpaired) electrons. The lowest BCUT2D eigenvalue weighted by Crippen LogP contribution is -2.26. The van der Waals surface area contributed by atoms with E-state index in [4.69, 9.17) is 4.42 Å². The largest absolute Gasteiger partial charge is 0.407 e. The zero-order valence-electron chi connectivity index (χ0n) is 18.2. The summed E-state index contributed by atoms with van der Waals surface area (Å²) in [4.78, 5) is 12.6. The van der Waals surface area contributed by atoms with Gasteiger partial charge in [-0.25, -0.2) is 12.8 Å². The van der Waals surface area contributed by atoms with Crippen molar-refractivity contribution in [3.63, 3.8) is 0 Å². The lowest BCUT2D eigenvalue weighted by molar-refractivity contribution is 0.102. The van der Waals surface area contributed by atoms with Crippen molar-refractivity contribution in [3.05, 3.63) is 107 Å². The Hall–Kier alpha value is -3.89. The number of aromatic nitrogens is 2. The van der Waals surface area contributed by atoms with Crippen LogP contribution in [0.3, 0.4) is 0 Å². The van der Waals surface area contributed by atoms with Crippen molar-refractivity contribution in [2.24, 2.45) is 0 Å². The Morgan fingerprint density at radius 1 is 0.941 bits per heavy atom. The highest BCUT2D eigenvalue weighted by Gasteiger charge is 2.21. The smallest absolute Gasteiger partial charge is 0.322 e. The van der Waals surface area contributed by atoms with Gasteiger partial charge in [0.2, 0.25) is 15.9 Å². The molecule has 1 N–H and O–H groups in total. The summed E-state index contributed by atoms with van der Waals surface area (Å²) in [6.07, 6.45) is 0.284. The number of nitrogens with zero attached hydrogens (tertiary/aromatic N) is 3. The normalized spacial score (nSPS) is 11.5. The van der Waals surface area contributed by atoms with Gasteiger partial charge in [0.25, 0.3) is 5.91 Å². The minimum atomic E-state index is -3.73. The first-order chi connectivity index (χ1) is 16.3. The van der Waals surface area contributed by atoms with Crippen LogP contribution in [0.4, 0.5) is 10.4 Å². The first-order valence-corrected chi connectivity index (χ1v) is 11.7. The number of carbonyl (C=O) groups excluding carboxylic acids is 1. The molecule has 0 aliphatic rings. The molecule has 0 saturated carbocycles. The number of benzene rings is 3. The molecule has 0 aliphatic heterocycles. The fraction of sp³-hybridized carbons (Fsp3) is 0.125. The van der Waals surface area contributed by atoms with E-state index < -0.39 is 15.9 Å². The number of hydrogen-bond donors (Lipinski definition) is 1. The SMILES string of the molecule is CN(Cc1ccccc1)S(=O)(=O)c1ccc(C(=O)Nc2nnc(Cc3ccc(F)cc3)o2)cc1. The van der Waals surface area contributed by atoms with Crippen molar-refractivity contribution < 1.29 is 22.0 Å². The highest BCUT2D eigenvalue weighted by molar-refractivity contribution is 7.89. The van der Waals surface area contributed by atoms with Crippen molar-refractivity contribution >= 4 is 21.9 Å². The van der Waals surface area contributed by atoms with E-state index >= 15 is 0 Å². The van der Waals surface area contributed by atoms with Gasteiger partial charge in [-0.2, -0.15) is 4.31 Å². The maximum absolute atomic E-state index is 13.0. The van der Waals surface area contributed by atoms with Gasteiger partial charge in [-0.15, -0.1) is 5.10 Å². The van der Waals surface area contributed by atoms with Crippen molar-refractivity contribution in [1.29, 1.82) is 0 Å². The van der Waals surface area contributed by atoms with Crippen LogP contribution in [0.1, 0.15) is 27.4 Å². The lowest BCUT2D eigenvalue weighted by atomic mass is 10.1. The molecule has 0 saturated heterocycles. The van der Waals surface area contributed by atoms with Crippen molar-refractivity contribution in [3.8, 4) is 0 Å². The van der Waals surface area contributed by atoms with Gasteiger partial charge in [0.05, 0.1) is 11.3 Å². The molecule has 4 aromatic rings. The molecule has 0 aliphatic carbocycles. The Balaban J connectivity index is 1.39. The number of nitrogens with one attached hydrogen (secondary N) is 1. The molecule has 0 unspecified atom stereocenters. The number of hydrogen-bond acceptors (Lipinski definition) is 6. The average Bonchev–Trinajstić information content (AvgIpc) is 3.27. The predicted octanol–water partition coefficient (Wildman–Crippen LogP) is 3.87. The summed E-state index contributed by atoms with van der Waals surface area (Å²) in [5.74, 6) is -0.618. The van der Waals surface area contributed by atoms with Gasteiger partial charge in [-0.1, -0.05) is 47.6 Å². The predicted molar refractivity (Wildman–Crippen MR) is 123 cm³/mol. The number of halogens is 1. The molecule has 0 bridgehead atoms. The fourth-order valence-electron chi connectivity index (χ4n) is 3.21. The van der Waals surface area contributed by atoms with E-state index in [9.17, 15) is 17.6 Å². The Morgan fingerprint density at radius 2 is 1.62 bits per heavy atom. The average molecular weight is 481 g/mol. The zero-order valence-corrected chi connectivity index (χ0v) is 19.0. The van der Waals surface area contributed by atoms with Crippen molar-refractivity contribution in [2.45, 2.75) is 17.9 Å². The third kappa shape index (κ3) is 5.53. The quantitative estimate of drug-likeness (QED) is 0.410. The van der Waals surface area contributed by atoms with Crippen LogP contribution < -0.4 is 5.32 Å². The molecule has 0 spiro atoms. The summed E-state index contributed by atoms with van der Waals surface area (Å²) in [5, 5.41) is 10.1. The maximum Gasteiger partial charge on any atom is 0.322 e. The van der Waals surface area contributed by atoms with Gasteiger partial charge in [0.1, 0.15) is 5.82 Å². The topological polar surface area (TPSA) is 105 Å². The third-order valence-corrected chi connectivity index (χ3v) is 6.85. The van der Waals surface area contributed by atoms with E-state index in [2.05, 4.69) is 15.5 Å². The third-order valence-electron chi connectivity index (χ3n) is 5.03. The summed E-state index contributed by atoms with van der Waals surface area (Å²) in [7, 11) is -2.23. The molecule has 8 nitrogen and oxygen atoms in total. The molecular formula is C24H21FN4O4S. The summed E-state index contributed by atoms with van der Waals surface area (Å²) < 4.78 is 45.4. The molecule has 34 heavy (non-hydrogen) atoms. The van der Waals surface area contributed by atoms with Crippen molar-refractivity contribution in [1.82, 2.24) is 14.5 Å². The van der Waals surface area contributed by atoms with E-state index in [1.165, 1.54) is 47.8 Å². The molecule has 4 rings (SSSR count). The minimum Gasteiger partial charge on any atom is -0.407 e. The molecule has 1 heterocycles. The second-order valence-electron chi connectivity index (χ2n) is 7.53. The second-order valence-corrected chi connectivity index (χ2v) is 9.57. The molecule has 1 amide bonds. The van der Waals surface area contributed by atoms with Crippen LogP contribution >= 0.6 is 0 Å². The second kappa shape index (κ2) is 9.94. The van der Waals surface area contributed by atoms with E-state index in [1.807, 2.05) is 30.3 Å². The van der Waals surface area contributed by atoms with Gasteiger partial charge < -0.3 is 4.42 Å². The zero-order chi connectivity index (χ0) is 24.1. The summed E-state index contributed by atoms with van der Waals surface area (Å²) in [5.41, 5.74) is 1.86. The monoisotopic (exact) mass is 480 g/mol. The van der Waals surface area contributed by atoms with Crippen LogP contribution in [0.15, 0.2) is 88.2 Å². The highest BCUT2D eigenvalue weighted by atomic mass is 32.2. The first-order valence-electron chi connectivity index (χ1n) is 10.3. The van der Waals surface area contributed by atoms with E-state index in [0.29, 0.717) is 0 Å². The summed E-state index contributed by atoms with van der Waals surface area (Å²) >= 11 is 0. The number of rotatable bonds is 8. The maximum atomic E-state index is 13.0. The Kier molecular flexibility index (Phi) is 6.80. The fourth-order valence-corrected chi connectivity index (χ4v) is 4.36. The number of carbonyl (C=O) groups is 1. The lowest BCUT2D eigenvalue weighted by Gasteiger charge is -2.17. The molecule has 0 atom stereocenters. The standard InChI is InChI=1S/C24H21FN4O4S/c1-29(16-18-5-3-2-4-6-18)34(31,32)21-13-9-19(10-14-21)23(30)26-24-28-27-22(33-24)15-17-7-11-20(25)12-8-17/h2-14H,15-16H2,1H3,(H,26,28,30). The van der Waals surface area contributed by atoms with Crippen LogP contribution in [0.5, 0.6) is 0 Å². The molecule has 0 fully saturated rings. The van der Waals surface area contributed by atoms with Gasteiger partial charge in [-0.3, -0.25) is 10.1 Å². The molecular weight excluding hydrogens is 459 g/mol. The summed E-state index contributed by atoms with van der Waals surface area (Å²) in [6.45, 7) is 0.225. The highest BCUT2D eigenvalue weighted by Crippen LogP contribution is 2.19. The summed E-state index contributed by atoms with van der Waals surface area (Å²) in [6, 6.07) is 20.6. The van der Waals surface area contributed by atoms with Gasteiger partial charge in [0.15, 0.2) is 0 Å². The van der Waals surface area contributed by atoms with Crippen molar-refractivity contribution in [2.75, 3.05) is 12.4 Å². The Morgan fingerprint density at radius 3 is 2.29 bits per heavy atom. The van der Waals surface area contributed by atoms with Crippen LogP contribution in [-0.4, -0.2) is 35.9 Å². The van der Waals surface area contributed by atoms with Gasteiger partial charge in [-0.05, 0) is 47.5 Å².